The van der Waals surface area contributed by atoms with E-state index in [1.165, 1.54) is 0 Å². The lowest BCUT2D eigenvalue weighted by Crippen LogP contribution is -2.45. The van der Waals surface area contributed by atoms with E-state index in [-0.39, 0.29) is 6.04 Å². The molecule has 0 unspecified atom stereocenters. The highest BCUT2D eigenvalue weighted by Gasteiger charge is 2.24. The number of likely N-dealkylation sites (N-methyl/N-ethyl adjacent to an activating group) is 1. The molecule has 0 saturated carbocycles. The number of rotatable bonds is 2. The Balaban J connectivity index is 1.94. The number of nitrogens with zero attached hydrogens (tertiary/aromatic N) is 3. The van der Waals surface area contributed by atoms with Gasteiger partial charge in [0.25, 0.3) is 0 Å². The molecule has 84 valence electrons. The van der Waals surface area contributed by atoms with Gasteiger partial charge in [0, 0.05) is 38.8 Å². The summed E-state index contributed by atoms with van der Waals surface area (Å²) in [5.74, 6) is 0. The molecule has 15 heavy (non-hydrogen) atoms. The van der Waals surface area contributed by atoms with Crippen molar-refractivity contribution in [3.05, 3.63) is 12.4 Å². The average Bonchev–Trinajstić information content (AvgIpc) is 2.49. The maximum Gasteiger partial charge on any atom is 0.115 e. The minimum absolute atomic E-state index is 0.183. The first-order valence-corrected chi connectivity index (χ1v) is 5.21. The second-order valence-corrected chi connectivity index (χ2v) is 4.30. The summed E-state index contributed by atoms with van der Waals surface area (Å²) in [7, 11) is 3.82. The highest BCUT2D eigenvalue weighted by atomic mass is 19.1. The fraction of sp³-hybridized carbons (Fsp3) is 0.700. The van der Waals surface area contributed by atoms with Crippen LogP contribution < -0.4 is 5.32 Å². The van der Waals surface area contributed by atoms with E-state index in [1.807, 2.05) is 25.2 Å². The van der Waals surface area contributed by atoms with E-state index < -0.39 is 6.17 Å². The largest absolute Gasteiger partial charge is 0.378 e. The minimum Gasteiger partial charge on any atom is -0.378 e. The first kappa shape index (κ1) is 10.4. The SMILES string of the molecule is CN1C[C@@H](F)C[C@@H](Nc2cnn(C)c2)C1. The number of aryl methyl sites for hydroxylation is 1. The zero-order valence-corrected chi connectivity index (χ0v) is 9.15. The Morgan fingerprint density at radius 2 is 2.27 bits per heavy atom. The lowest BCUT2D eigenvalue weighted by atomic mass is 10.0. The van der Waals surface area contributed by atoms with Crippen LogP contribution in [0.2, 0.25) is 0 Å². The molecule has 1 aliphatic rings. The fourth-order valence-electron chi connectivity index (χ4n) is 2.08. The number of hydrogen-bond donors (Lipinski definition) is 1. The van der Waals surface area contributed by atoms with Gasteiger partial charge in [-0.2, -0.15) is 5.10 Å². The average molecular weight is 212 g/mol. The molecule has 1 aromatic rings. The summed E-state index contributed by atoms with van der Waals surface area (Å²) in [6.07, 6.45) is 3.53. The molecule has 0 spiro atoms. The smallest absolute Gasteiger partial charge is 0.115 e. The summed E-state index contributed by atoms with van der Waals surface area (Å²) in [5.41, 5.74) is 0.963. The monoisotopic (exact) mass is 212 g/mol. The zero-order valence-electron chi connectivity index (χ0n) is 9.15. The molecule has 1 aromatic heterocycles. The van der Waals surface area contributed by atoms with Crippen LogP contribution in [0.4, 0.5) is 10.1 Å². The predicted octanol–water partition coefficient (Wildman–Crippen LogP) is 0.874. The third kappa shape index (κ3) is 2.68. The number of hydrogen-bond acceptors (Lipinski definition) is 3. The van der Waals surface area contributed by atoms with Crippen LogP contribution in [0.3, 0.4) is 0 Å². The second-order valence-electron chi connectivity index (χ2n) is 4.30. The van der Waals surface area contributed by atoms with Gasteiger partial charge in [-0.05, 0) is 7.05 Å². The maximum absolute atomic E-state index is 13.3. The summed E-state index contributed by atoms with van der Waals surface area (Å²) in [6, 6.07) is 0.183. The molecule has 1 saturated heterocycles. The van der Waals surface area contributed by atoms with Gasteiger partial charge in [0.05, 0.1) is 11.9 Å². The lowest BCUT2D eigenvalue weighted by Gasteiger charge is -2.32. The van der Waals surface area contributed by atoms with E-state index in [1.54, 1.807) is 10.9 Å². The molecule has 1 aliphatic heterocycles. The van der Waals surface area contributed by atoms with Crippen LogP contribution >= 0.6 is 0 Å². The number of piperidine rings is 1. The summed E-state index contributed by atoms with van der Waals surface area (Å²) >= 11 is 0. The van der Waals surface area contributed by atoms with E-state index in [4.69, 9.17) is 0 Å². The Kier molecular flexibility index (Phi) is 2.90. The highest BCUT2D eigenvalue weighted by Crippen LogP contribution is 2.16. The molecule has 1 fully saturated rings. The van der Waals surface area contributed by atoms with E-state index in [0.717, 1.165) is 12.2 Å². The summed E-state index contributed by atoms with van der Waals surface area (Å²) in [5, 5.41) is 7.36. The molecule has 0 aliphatic carbocycles. The molecule has 0 amide bonds. The van der Waals surface area contributed by atoms with Gasteiger partial charge in [-0.25, -0.2) is 4.39 Å². The van der Waals surface area contributed by atoms with Crippen LogP contribution in [-0.4, -0.2) is 47.0 Å². The van der Waals surface area contributed by atoms with Gasteiger partial charge in [-0.3, -0.25) is 4.68 Å². The van der Waals surface area contributed by atoms with Gasteiger partial charge < -0.3 is 10.2 Å². The molecule has 2 atom stereocenters. The van der Waals surface area contributed by atoms with Crippen molar-refractivity contribution >= 4 is 5.69 Å². The topological polar surface area (TPSA) is 33.1 Å². The van der Waals surface area contributed by atoms with Crippen molar-refractivity contribution in [1.29, 1.82) is 0 Å². The summed E-state index contributed by atoms with van der Waals surface area (Å²) in [6.45, 7) is 1.43. The Morgan fingerprint density at radius 3 is 2.87 bits per heavy atom. The Labute approximate surface area is 89.1 Å². The molecule has 4 nitrogen and oxygen atoms in total. The lowest BCUT2D eigenvalue weighted by molar-refractivity contribution is 0.153. The van der Waals surface area contributed by atoms with Crippen LogP contribution in [0, 0.1) is 0 Å². The van der Waals surface area contributed by atoms with Crippen molar-refractivity contribution in [3.8, 4) is 0 Å². The maximum atomic E-state index is 13.3. The fourth-order valence-corrected chi connectivity index (χ4v) is 2.08. The standard InChI is InChI=1S/C10H17FN4/c1-14-5-8(11)3-9(6-14)13-10-4-12-15(2)7-10/h4,7-9,13H,3,5-6H2,1-2H3/t8-,9+/m0/s1. The van der Waals surface area contributed by atoms with Crippen molar-refractivity contribution in [2.75, 3.05) is 25.5 Å². The summed E-state index contributed by atoms with van der Waals surface area (Å²) in [4.78, 5) is 2.02. The zero-order chi connectivity index (χ0) is 10.8. The molecule has 1 N–H and O–H groups in total. The van der Waals surface area contributed by atoms with Crippen LogP contribution in [0.25, 0.3) is 0 Å². The molecule has 2 rings (SSSR count). The number of anilines is 1. The van der Waals surface area contributed by atoms with E-state index in [2.05, 4.69) is 10.4 Å². The number of halogens is 1. The normalized spacial score (nSPS) is 27.9. The van der Waals surface area contributed by atoms with Crippen LogP contribution in [0.1, 0.15) is 6.42 Å². The van der Waals surface area contributed by atoms with E-state index >= 15 is 0 Å². The van der Waals surface area contributed by atoms with Crippen molar-refractivity contribution in [2.24, 2.45) is 7.05 Å². The van der Waals surface area contributed by atoms with Crippen molar-refractivity contribution < 1.29 is 4.39 Å². The molecule has 0 bridgehead atoms. The Morgan fingerprint density at radius 1 is 1.47 bits per heavy atom. The van der Waals surface area contributed by atoms with Gasteiger partial charge in [0.1, 0.15) is 6.17 Å². The van der Waals surface area contributed by atoms with Crippen LogP contribution in [0.5, 0.6) is 0 Å². The van der Waals surface area contributed by atoms with Gasteiger partial charge in [-0.1, -0.05) is 0 Å². The van der Waals surface area contributed by atoms with E-state index in [0.29, 0.717) is 13.0 Å². The third-order valence-corrected chi connectivity index (χ3v) is 2.66. The van der Waals surface area contributed by atoms with E-state index in [9.17, 15) is 4.39 Å². The van der Waals surface area contributed by atoms with Gasteiger partial charge in [0.2, 0.25) is 0 Å². The molecular weight excluding hydrogens is 195 g/mol. The second kappa shape index (κ2) is 4.18. The van der Waals surface area contributed by atoms with Gasteiger partial charge in [-0.15, -0.1) is 0 Å². The highest BCUT2D eigenvalue weighted by molar-refractivity contribution is 5.39. The number of alkyl halides is 1. The molecule has 5 heteroatoms. The van der Waals surface area contributed by atoms with Crippen molar-refractivity contribution in [1.82, 2.24) is 14.7 Å². The first-order chi connectivity index (χ1) is 7.13. The van der Waals surface area contributed by atoms with Crippen LogP contribution in [-0.2, 0) is 7.05 Å². The van der Waals surface area contributed by atoms with Gasteiger partial charge >= 0.3 is 0 Å². The molecular formula is C10H17FN4. The molecule has 2 heterocycles. The number of nitrogens with one attached hydrogen (secondary N) is 1. The Hall–Kier alpha value is -1.10. The first-order valence-electron chi connectivity index (χ1n) is 5.21. The number of likely N-dealkylation sites (tertiary alicyclic amines) is 1. The Bertz CT molecular complexity index is 315. The number of aromatic nitrogens is 2. The predicted molar refractivity (Wildman–Crippen MR) is 57.6 cm³/mol. The van der Waals surface area contributed by atoms with Crippen molar-refractivity contribution in [2.45, 2.75) is 18.6 Å². The molecule has 0 radical (unpaired) electrons. The van der Waals surface area contributed by atoms with Gasteiger partial charge in [0.15, 0.2) is 0 Å². The quantitative estimate of drug-likeness (QED) is 0.790. The third-order valence-electron chi connectivity index (χ3n) is 2.66. The van der Waals surface area contributed by atoms with Crippen molar-refractivity contribution in [3.63, 3.8) is 0 Å². The van der Waals surface area contributed by atoms with Crippen LogP contribution in [0.15, 0.2) is 12.4 Å². The minimum atomic E-state index is -0.724. The molecule has 0 aromatic carbocycles. The summed E-state index contributed by atoms with van der Waals surface area (Å²) < 4.78 is 15.0.